The van der Waals surface area contributed by atoms with Gasteiger partial charge < -0.3 is 14.9 Å². The monoisotopic (exact) mass is 292 g/mol. The molecule has 1 saturated heterocycles. The molecule has 0 spiro atoms. The average molecular weight is 292 g/mol. The standard InChI is InChI=1S/C18H28O3/c1-17-6-5-13-12(14(17)9-21-10-17)4-3-11-7-15(19)16(20)8-18(11,13)2/h3,12-16,19-20H,4-10H2,1-2H3/t12-,13-,14+,15?,16?,17-,18+/m1/s1. The van der Waals surface area contributed by atoms with Crippen molar-refractivity contribution in [3.63, 3.8) is 0 Å². The average Bonchev–Trinajstić information content (AvgIpc) is 2.82. The van der Waals surface area contributed by atoms with Crippen LogP contribution in [0.3, 0.4) is 0 Å². The topological polar surface area (TPSA) is 49.7 Å². The SMILES string of the molecule is C[C@]12CC[C@@H]3[C@@H](CC=C4CC(O)C(O)C[C@@]43C)[C@@H]1COC2. The number of fused-ring (bicyclic) bond motifs is 5. The van der Waals surface area contributed by atoms with Gasteiger partial charge in [0.25, 0.3) is 0 Å². The second kappa shape index (κ2) is 4.56. The van der Waals surface area contributed by atoms with Crippen LogP contribution in [0.1, 0.15) is 46.0 Å². The van der Waals surface area contributed by atoms with E-state index < -0.39 is 12.2 Å². The summed E-state index contributed by atoms with van der Waals surface area (Å²) in [4.78, 5) is 0. The van der Waals surface area contributed by atoms with E-state index in [2.05, 4.69) is 19.9 Å². The van der Waals surface area contributed by atoms with Crippen molar-refractivity contribution in [3.05, 3.63) is 11.6 Å². The zero-order valence-electron chi connectivity index (χ0n) is 13.2. The molecule has 4 rings (SSSR count). The smallest absolute Gasteiger partial charge is 0.0836 e. The summed E-state index contributed by atoms with van der Waals surface area (Å²) in [6, 6.07) is 0. The molecule has 0 aromatic heterocycles. The van der Waals surface area contributed by atoms with Crippen molar-refractivity contribution < 1.29 is 14.9 Å². The van der Waals surface area contributed by atoms with Crippen LogP contribution in [0.15, 0.2) is 11.6 Å². The Morgan fingerprint density at radius 3 is 2.81 bits per heavy atom. The maximum absolute atomic E-state index is 10.2. The Morgan fingerprint density at radius 1 is 1.19 bits per heavy atom. The van der Waals surface area contributed by atoms with Gasteiger partial charge >= 0.3 is 0 Å². The zero-order valence-corrected chi connectivity index (χ0v) is 13.2. The quantitative estimate of drug-likeness (QED) is 0.675. The minimum absolute atomic E-state index is 0.0888. The van der Waals surface area contributed by atoms with E-state index >= 15 is 0 Å². The lowest BCUT2D eigenvalue weighted by atomic mass is 9.48. The highest BCUT2D eigenvalue weighted by molar-refractivity contribution is 5.26. The normalized spacial score (nSPS) is 56.2. The first-order valence-corrected chi connectivity index (χ1v) is 8.57. The van der Waals surface area contributed by atoms with Crippen molar-refractivity contribution in [1.82, 2.24) is 0 Å². The number of ether oxygens (including phenoxy) is 1. The van der Waals surface area contributed by atoms with E-state index in [9.17, 15) is 10.2 Å². The Kier molecular flexibility index (Phi) is 3.09. The van der Waals surface area contributed by atoms with Crippen molar-refractivity contribution >= 4 is 0 Å². The summed E-state index contributed by atoms with van der Waals surface area (Å²) in [6.07, 6.45) is 6.30. The number of allylic oxidation sites excluding steroid dienone is 1. The van der Waals surface area contributed by atoms with E-state index in [0.29, 0.717) is 29.6 Å². The summed E-state index contributed by atoms with van der Waals surface area (Å²) in [6.45, 7) is 6.59. The molecule has 0 amide bonds. The van der Waals surface area contributed by atoms with Crippen LogP contribution in [0.25, 0.3) is 0 Å². The van der Waals surface area contributed by atoms with Crippen LogP contribution >= 0.6 is 0 Å². The van der Waals surface area contributed by atoms with E-state index in [1.807, 2.05) is 0 Å². The molecule has 2 N–H and O–H groups in total. The molecule has 118 valence electrons. The van der Waals surface area contributed by atoms with Crippen LogP contribution in [0.2, 0.25) is 0 Å². The third-order valence-corrected chi connectivity index (χ3v) is 7.38. The second-order valence-corrected chi connectivity index (χ2v) is 8.51. The van der Waals surface area contributed by atoms with Gasteiger partial charge in [-0.1, -0.05) is 25.5 Å². The van der Waals surface area contributed by atoms with Gasteiger partial charge in [0.2, 0.25) is 0 Å². The van der Waals surface area contributed by atoms with Crippen molar-refractivity contribution in [2.24, 2.45) is 28.6 Å². The molecule has 2 unspecified atom stereocenters. The number of hydrogen-bond acceptors (Lipinski definition) is 3. The maximum atomic E-state index is 10.2. The molecule has 3 heteroatoms. The predicted octanol–water partition coefficient (Wildman–Crippen LogP) is 2.52. The largest absolute Gasteiger partial charge is 0.390 e. The molecule has 1 heterocycles. The minimum Gasteiger partial charge on any atom is -0.390 e. The van der Waals surface area contributed by atoms with E-state index in [1.165, 1.54) is 18.4 Å². The van der Waals surface area contributed by atoms with Gasteiger partial charge in [-0.05, 0) is 60.7 Å². The Hall–Kier alpha value is -0.380. The Balaban J connectivity index is 1.69. The van der Waals surface area contributed by atoms with E-state index in [1.54, 1.807) is 0 Å². The summed E-state index contributed by atoms with van der Waals surface area (Å²) in [5, 5.41) is 20.2. The highest BCUT2D eigenvalue weighted by Gasteiger charge is 2.57. The first-order valence-electron chi connectivity index (χ1n) is 8.57. The van der Waals surface area contributed by atoms with Gasteiger partial charge in [-0.2, -0.15) is 0 Å². The summed E-state index contributed by atoms with van der Waals surface area (Å²) < 4.78 is 5.84. The van der Waals surface area contributed by atoms with Gasteiger partial charge in [-0.3, -0.25) is 0 Å². The first-order chi connectivity index (χ1) is 9.94. The van der Waals surface area contributed by atoms with Crippen LogP contribution in [0.4, 0.5) is 0 Å². The third-order valence-electron chi connectivity index (χ3n) is 7.38. The van der Waals surface area contributed by atoms with Crippen LogP contribution in [0, 0.1) is 28.6 Å². The van der Waals surface area contributed by atoms with Crippen LogP contribution in [-0.2, 0) is 4.74 Å². The highest BCUT2D eigenvalue weighted by atomic mass is 16.5. The lowest BCUT2D eigenvalue weighted by Gasteiger charge is -2.57. The Bertz CT molecular complexity index is 473. The fourth-order valence-electron chi connectivity index (χ4n) is 6.01. The van der Waals surface area contributed by atoms with Crippen LogP contribution < -0.4 is 0 Å². The van der Waals surface area contributed by atoms with Crippen LogP contribution in [-0.4, -0.2) is 35.6 Å². The lowest BCUT2D eigenvalue weighted by Crippen LogP contribution is -2.53. The van der Waals surface area contributed by atoms with Crippen molar-refractivity contribution in [2.75, 3.05) is 13.2 Å². The fraction of sp³-hybridized carbons (Fsp3) is 0.889. The molecule has 7 atom stereocenters. The molecule has 1 aliphatic heterocycles. The molecule has 0 aromatic rings. The zero-order chi connectivity index (χ0) is 14.8. The molecule has 0 aromatic carbocycles. The van der Waals surface area contributed by atoms with E-state index in [4.69, 9.17) is 4.74 Å². The van der Waals surface area contributed by atoms with Gasteiger partial charge in [0.1, 0.15) is 0 Å². The molecule has 3 nitrogen and oxygen atoms in total. The number of aliphatic hydroxyl groups excluding tert-OH is 2. The Morgan fingerprint density at radius 2 is 2.00 bits per heavy atom. The molecule has 0 radical (unpaired) electrons. The molecule has 3 aliphatic carbocycles. The minimum atomic E-state index is -0.565. The van der Waals surface area contributed by atoms with Gasteiger partial charge in [0, 0.05) is 0 Å². The van der Waals surface area contributed by atoms with Crippen molar-refractivity contribution in [1.29, 1.82) is 0 Å². The summed E-state index contributed by atoms with van der Waals surface area (Å²) in [5.74, 6) is 2.02. The van der Waals surface area contributed by atoms with Gasteiger partial charge in [-0.25, -0.2) is 0 Å². The predicted molar refractivity (Wildman–Crippen MR) is 80.7 cm³/mol. The van der Waals surface area contributed by atoms with Crippen molar-refractivity contribution in [2.45, 2.75) is 58.2 Å². The molecular weight excluding hydrogens is 264 g/mol. The van der Waals surface area contributed by atoms with Gasteiger partial charge in [0.05, 0.1) is 25.4 Å². The maximum Gasteiger partial charge on any atom is 0.0836 e. The molecule has 3 fully saturated rings. The van der Waals surface area contributed by atoms with E-state index in [0.717, 1.165) is 26.1 Å². The third kappa shape index (κ3) is 1.90. The fourth-order valence-corrected chi connectivity index (χ4v) is 6.01. The number of rotatable bonds is 0. The number of aliphatic hydroxyl groups is 2. The molecule has 0 bridgehead atoms. The van der Waals surface area contributed by atoms with Gasteiger partial charge in [0.15, 0.2) is 0 Å². The van der Waals surface area contributed by atoms with Crippen molar-refractivity contribution in [3.8, 4) is 0 Å². The summed E-state index contributed by atoms with van der Waals surface area (Å²) in [5.41, 5.74) is 1.87. The molecule has 4 aliphatic rings. The second-order valence-electron chi connectivity index (χ2n) is 8.51. The first kappa shape index (κ1) is 14.2. The Labute approximate surface area is 127 Å². The van der Waals surface area contributed by atoms with E-state index in [-0.39, 0.29) is 5.41 Å². The molecular formula is C18H28O3. The molecule has 2 saturated carbocycles. The number of hydrogen-bond donors (Lipinski definition) is 2. The highest BCUT2D eigenvalue weighted by Crippen LogP contribution is 2.62. The summed E-state index contributed by atoms with van der Waals surface area (Å²) >= 11 is 0. The van der Waals surface area contributed by atoms with Crippen LogP contribution in [0.5, 0.6) is 0 Å². The summed E-state index contributed by atoms with van der Waals surface area (Å²) in [7, 11) is 0. The van der Waals surface area contributed by atoms with Gasteiger partial charge in [-0.15, -0.1) is 0 Å². The molecule has 21 heavy (non-hydrogen) atoms. The lowest BCUT2D eigenvalue weighted by molar-refractivity contribution is -0.0766.